The molecule has 2 unspecified atom stereocenters. The lowest BCUT2D eigenvalue weighted by Gasteiger charge is -2.59. The number of aromatic nitrogens is 3. The molecule has 1 spiro atoms. The second kappa shape index (κ2) is 11.0. The van der Waals surface area contributed by atoms with Gasteiger partial charge in [-0.25, -0.2) is 4.98 Å². The Morgan fingerprint density at radius 2 is 1.67 bits per heavy atom. The van der Waals surface area contributed by atoms with Crippen LogP contribution in [0.5, 0.6) is 11.6 Å². The number of piperazine rings is 1. The summed E-state index contributed by atoms with van der Waals surface area (Å²) < 4.78 is 6.45. The van der Waals surface area contributed by atoms with Gasteiger partial charge >= 0.3 is 5.97 Å². The van der Waals surface area contributed by atoms with Crippen molar-refractivity contribution in [2.75, 3.05) is 41.7 Å². The first-order valence-corrected chi connectivity index (χ1v) is 16.4. The first-order valence-electron chi connectivity index (χ1n) is 16.4. The van der Waals surface area contributed by atoms with E-state index in [4.69, 9.17) is 10.5 Å². The maximum Gasteiger partial charge on any atom is 0.306 e. The summed E-state index contributed by atoms with van der Waals surface area (Å²) in [6.07, 6.45) is 10.2. The molecule has 11 heteroatoms. The number of ether oxygens (including phenoxy) is 1. The highest BCUT2D eigenvalue weighted by Gasteiger charge is 2.56. The summed E-state index contributed by atoms with van der Waals surface area (Å²) >= 11 is 0. The fraction of sp³-hybridized carbons (Fsp3) is 0.529. The number of anilines is 3. The number of phenolic OH excluding ortho intramolecular Hbond substituents is 1. The number of nitrogens with zero attached hydrogens (tertiary/aromatic N) is 6. The number of carbonyl (C=O) groups is 1. The third-order valence-electron chi connectivity index (χ3n) is 11.1. The SMILES string of the molecule is Nc1nnc(-c2ccccc2O)cc1N1CC2CCC(C1)N2c1ccnc(OC2CCN(C3CC4(CC(C(=O)O)C4)C3)CC2)c1. The molecule has 236 valence electrons. The molecule has 2 aromatic heterocycles. The predicted molar refractivity (Wildman–Crippen MR) is 170 cm³/mol. The van der Waals surface area contributed by atoms with Gasteiger partial charge in [-0.2, -0.15) is 0 Å². The molecule has 5 heterocycles. The fourth-order valence-corrected chi connectivity index (χ4v) is 8.83. The van der Waals surface area contributed by atoms with Gasteiger partial charge in [-0.15, -0.1) is 10.2 Å². The fourth-order valence-electron chi connectivity index (χ4n) is 8.83. The Morgan fingerprint density at radius 1 is 0.933 bits per heavy atom. The van der Waals surface area contributed by atoms with E-state index in [2.05, 4.69) is 42.0 Å². The van der Waals surface area contributed by atoms with Crippen LogP contribution < -0.4 is 20.3 Å². The third kappa shape index (κ3) is 5.20. The molecule has 3 aliphatic heterocycles. The number of fused-ring (bicyclic) bond motifs is 2. The maximum atomic E-state index is 11.2. The first-order chi connectivity index (χ1) is 21.8. The predicted octanol–water partition coefficient (Wildman–Crippen LogP) is 4.17. The number of likely N-dealkylation sites (tertiary alicyclic amines) is 1. The summed E-state index contributed by atoms with van der Waals surface area (Å²) in [7, 11) is 0. The summed E-state index contributed by atoms with van der Waals surface area (Å²) in [5.74, 6) is 0.529. The normalized spacial score (nSPS) is 29.8. The first kappa shape index (κ1) is 28.4. The lowest BCUT2D eigenvalue weighted by molar-refractivity contribution is -0.160. The number of aliphatic carboxylic acids is 1. The highest BCUT2D eigenvalue weighted by Crippen LogP contribution is 2.60. The number of benzene rings is 1. The number of para-hydroxylation sites is 1. The highest BCUT2D eigenvalue weighted by atomic mass is 16.5. The number of hydrogen-bond acceptors (Lipinski definition) is 10. The maximum absolute atomic E-state index is 11.2. The number of aromatic hydroxyl groups is 1. The minimum atomic E-state index is -0.623. The molecule has 3 aromatic rings. The van der Waals surface area contributed by atoms with Crippen LogP contribution in [0.3, 0.4) is 0 Å². The molecule has 5 fully saturated rings. The van der Waals surface area contributed by atoms with Crippen LogP contribution in [0.4, 0.5) is 17.2 Å². The molecule has 11 nitrogen and oxygen atoms in total. The molecular formula is C34H41N7O4. The third-order valence-corrected chi connectivity index (χ3v) is 11.1. The lowest BCUT2D eigenvalue weighted by atomic mass is 9.49. The Balaban J connectivity index is 0.883. The van der Waals surface area contributed by atoms with Crippen LogP contribution in [-0.4, -0.2) is 86.7 Å². The number of phenols is 1. The van der Waals surface area contributed by atoms with Gasteiger partial charge in [0.25, 0.3) is 0 Å². The summed E-state index contributed by atoms with van der Waals surface area (Å²) in [4.78, 5) is 23.2. The number of piperidine rings is 1. The van der Waals surface area contributed by atoms with Gasteiger partial charge in [0, 0.05) is 67.8 Å². The number of rotatable bonds is 7. The largest absolute Gasteiger partial charge is 0.507 e. The van der Waals surface area contributed by atoms with Crippen LogP contribution in [0.15, 0.2) is 48.7 Å². The molecule has 0 radical (unpaired) electrons. The second-order valence-electron chi connectivity index (χ2n) is 13.9. The van der Waals surface area contributed by atoms with Crippen LogP contribution in [0.25, 0.3) is 11.3 Å². The van der Waals surface area contributed by atoms with Crippen molar-refractivity contribution in [2.45, 2.75) is 75.6 Å². The molecule has 1 aromatic carbocycles. The zero-order valence-corrected chi connectivity index (χ0v) is 25.5. The van der Waals surface area contributed by atoms with E-state index in [1.807, 2.05) is 24.4 Å². The molecule has 45 heavy (non-hydrogen) atoms. The lowest BCUT2D eigenvalue weighted by Crippen LogP contribution is -2.59. The van der Waals surface area contributed by atoms with Crippen LogP contribution in [-0.2, 0) is 4.79 Å². The minimum absolute atomic E-state index is 0.116. The van der Waals surface area contributed by atoms with Crippen molar-refractivity contribution in [2.24, 2.45) is 11.3 Å². The van der Waals surface area contributed by atoms with Crippen molar-refractivity contribution in [3.63, 3.8) is 0 Å². The van der Waals surface area contributed by atoms with Crippen molar-refractivity contribution in [3.8, 4) is 22.9 Å². The monoisotopic (exact) mass is 611 g/mol. The molecular weight excluding hydrogens is 570 g/mol. The second-order valence-corrected chi connectivity index (χ2v) is 13.9. The van der Waals surface area contributed by atoms with Crippen molar-refractivity contribution >= 4 is 23.2 Å². The van der Waals surface area contributed by atoms with Gasteiger partial charge in [-0.05, 0) is 81.0 Å². The number of nitrogen functional groups attached to an aromatic ring is 1. The minimum Gasteiger partial charge on any atom is -0.507 e. The van der Waals surface area contributed by atoms with E-state index >= 15 is 0 Å². The van der Waals surface area contributed by atoms with E-state index in [9.17, 15) is 15.0 Å². The van der Waals surface area contributed by atoms with Crippen LogP contribution in [0, 0.1) is 11.3 Å². The molecule has 4 N–H and O–H groups in total. The Kier molecular flexibility index (Phi) is 6.96. The molecule has 2 aliphatic carbocycles. The van der Waals surface area contributed by atoms with E-state index in [0.29, 0.717) is 46.5 Å². The summed E-state index contributed by atoms with van der Waals surface area (Å²) in [5.41, 5.74) is 9.91. The van der Waals surface area contributed by atoms with Gasteiger partial charge in [-0.3, -0.25) is 4.79 Å². The zero-order chi connectivity index (χ0) is 30.7. The van der Waals surface area contributed by atoms with E-state index in [1.165, 1.54) is 0 Å². The molecule has 8 rings (SSSR count). The van der Waals surface area contributed by atoms with Crippen LogP contribution in [0.2, 0.25) is 0 Å². The number of carboxylic acid groups (broad SMARTS) is 1. The van der Waals surface area contributed by atoms with Gasteiger partial charge < -0.3 is 35.4 Å². The Labute approximate surface area is 263 Å². The van der Waals surface area contributed by atoms with E-state index in [-0.39, 0.29) is 17.8 Å². The molecule has 0 amide bonds. The van der Waals surface area contributed by atoms with Gasteiger partial charge in [0.05, 0.1) is 17.3 Å². The van der Waals surface area contributed by atoms with Crippen molar-refractivity contribution < 1.29 is 19.7 Å². The van der Waals surface area contributed by atoms with Gasteiger partial charge in [0.2, 0.25) is 5.88 Å². The number of nitrogens with two attached hydrogens (primary N) is 1. The van der Waals surface area contributed by atoms with Gasteiger partial charge in [0.1, 0.15) is 11.9 Å². The van der Waals surface area contributed by atoms with Crippen molar-refractivity contribution in [3.05, 3.63) is 48.7 Å². The zero-order valence-electron chi connectivity index (χ0n) is 25.5. The van der Waals surface area contributed by atoms with E-state index in [0.717, 1.165) is 88.9 Å². The number of pyridine rings is 1. The standard InChI is InChI=1S/C34H41N7O4/c35-32-29(14-28(37-38-32)27-3-1-2-4-30(27)42)40-19-23-5-6-24(20-40)41(23)22-7-10-36-31(13-22)45-26-8-11-39(12-9-26)25-17-34(18-25)15-21(16-34)33(43)44/h1-4,7,10,13-14,21,23-26,42H,5-6,8-9,11-12,15-20H2,(H2,35,38)(H,43,44). The van der Waals surface area contributed by atoms with Crippen molar-refractivity contribution in [1.82, 2.24) is 20.1 Å². The average molecular weight is 612 g/mol. The number of hydrogen-bond donors (Lipinski definition) is 3. The Hall–Kier alpha value is -4.12. The molecule has 2 atom stereocenters. The molecule has 3 saturated heterocycles. The van der Waals surface area contributed by atoms with Gasteiger partial charge in [0.15, 0.2) is 5.82 Å². The Bertz CT molecular complexity index is 1570. The number of carboxylic acids is 1. The topological polar surface area (TPSA) is 141 Å². The average Bonchev–Trinajstić information content (AvgIpc) is 3.26. The smallest absolute Gasteiger partial charge is 0.306 e. The van der Waals surface area contributed by atoms with Gasteiger partial charge in [-0.1, -0.05) is 12.1 Å². The van der Waals surface area contributed by atoms with Crippen LogP contribution >= 0.6 is 0 Å². The van der Waals surface area contributed by atoms with Crippen molar-refractivity contribution in [1.29, 1.82) is 0 Å². The summed E-state index contributed by atoms with van der Waals surface area (Å²) in [6.45, 7) is 3.70. The Morgan fingerprint density at radius 3 is 2.38 bits per heavy atom. The van der Waals surface area contributed by atoms with E-state index in [1.54, 1.807) is 12.1 Å². The van der Waals surface area contributed by atoms with E-state index < -0.39 is 5.97 Å². The molecule has 5 aliphatic rings. The quantitative estimate of drug-likeness (QED) is 0.354. The summed E-state index contributed by atoms with van der Waals surface area (Å²) in [5, 5.41) is 28.1. The summed E-state index contributed by atoms with van der Waals surface area (Å²) in [6, 6.07) is 14.6. The molecule has 2 bridgehead atoms. The van der Waals surface area contributed by atoms with Crippen LogP contribution in [0.1, 0.15) is 51.4 Å². The molecule has 2 saturated carbocycles. The highest BCUT2D eigenvalue weighted by molar-refractivity contribution is 5.74.